The number of nitrogens with zero attached hydrogens (tertiary/aromatic N) is 2. The van der Waals surface area contributed by atoms with E-state index in [-0.39, 0.29) is 18.6 Å². The van der Waals surface area contributed by atoms with E-state index in [2.05, 4.69) is 9.88 Å². The van der Waals surface area contributed by atoms with E-state index >= 15 is 0 Å². The lowest BCUT2D eigenvalue weighted by molar-refractivity contribution is -0.122. The first kappa shape index (κ1) is 15.6. The molecule has 1 aromatic carbocycles. The first-order valence-corrected chi connectivity index (χ1v) is 9.10. The van der Waals surface area contributed by atoms with Crippen molar-refractivity contribution in [2.45, 2.75) is 57.0 Å². The Morgan fingerprint density at radius 2 is 1.92 bits per heavy atom. The van der Waals surface area contributed by atoms with Gasteiger partial charge in [-0.2, -0.15) is 0 Å². The van der Waals surface area contributed by atoms with Gasteiger partial charge in [-0.1, -0.05) is 12.1 Å². The second kappa shape index (κ2) is 6.55. The maximum Gasteiger partial charge on any atom is 0.240 e. The van der Waals surface area contributed by atoms with Gasteiger partial charge in [0.15, 0.2) is 0 Å². The molecule has 4 rings (SSSR count). The van der Waals surface area contributed by atoms with Crippen LogP contribution in [-0.4, -0.2) is 33.2 Å². The third-order valence-electron chi connectivity index (χ3n) is 5.40. The van der Waals surface area contributed by atoms with Crippen LogP contribution < -0.4 is 5.32 Å². The predicted molar refractivity (Wildman–Crippen MR) is 92.7 cm³/mol. The molecule has 2 saturated carbocycles. The summed E-state index contributed by atoms with van der Waals surface area (Å²) in [5, 5.41) is 12.4. The van der Waals surface area contributed by atoms with E-state index in [4.69, 9.17) is 4.98 Å². The van der Waals surface area contributed by atoms with Gasteiger partial charge in [0.1, 0.15) is 12.4 Å². The molecule has 1 aromatic heterocycles. The van der Waals surface area contributed by atoms with E-state index < -0.39 is 0 Å². The van der Waals surface area contributed by atoms with Crippen molar-refractivity contribution in [3.63, 3.8) is 0 Å². The largest absolute Gasteiger partial charge is 0.396 e. The molecular formula is C19H25N3O2. The van der Waals surface area contributed by atoms with Gasteiger partial charge in [0, 0.05) is 18.6 Å². The number of amides is 1. The zero-order valence-corrected chi connectivity index (χ0v) is 13.9. The average molecular weight is 327 g/mol. The Balaban J connectivity index is 1.46. The molecule has 0 spiro atoms. The number of para-hydroxylation sites is 2. The van der Waals surface area contributed by atoms with Crippen molar-refractivity contribution < 1.29 is 9.90 Å². The average Bonchev–Trinajstić information content (AvgIpc) is 3.39. The van der Waals surface area contributed by atoms with Crippen molar-refractivity contribution in [3.05, 3.63) is 30.1 Å². The quantitative estimate of drug-likeness (QED) is 0.887. The summed E-state index contributed by atoms with van der Waals surface area (Å²) in [6.07, 6.45) is 6.30. The fraction of sp³-hybridized carbons (Fsp3) is 0.579. The van der Waals surface area contributed by atoms with Crippen LogP contribution in [0.5, 0.6) is 0 Å². The summed E-state index contributed by atoms with van der Waals surface area (Å²) in [6, 6.07) is 8.32. The van der Waals surface area contributed by atoms with Crippen molar-refractivity contribution >= 4 is 16.9 Å². The summed E-state index contributed by atoms with van der Waals surface area (Å²) in [4.78, 5) is 17.3. The molecule has 5 heteroatoms. The zero-order chi connectivity index (χ0) is 16.5. The molecule has 2 fully saturated rings. The molecule has 0 radical (unpaired) electrons. The lowest BCUT2D eigenvalue weighted by Crippen LogP contribution is -2.39. The van der Waals surface area contributed by atoms with Crippen LogP contribution in [0, 0.1) is 5.92 Å². The van der Waals surface area contributed by atoms with Crippen LogP contribution in [0.2, 0.25) is 0 Å². The van der Waals surface area contributed by atoms with Gasteiger partial charge in [0.2, 0.25) is 5.91 Å². The maximum absolute atomic E-state index is 12.6. The number of hydrogen-bond acceptors (Lipinski definition) is 3. The smallest absolute Gasteiger partial charge is 0.240 e. The van der Waals surface area contributed by atoms with Crippen molar-refractivity contribution in [1.29, 1.82) is 0 Å². The minimum atomic E-state index is 0.0764. The third-order valence-corrected chi connectivity index (χ3v) is 5.40. The molecule has 1 heterocycles. The third kappa shape index (κ3) is 3.18. The molecule has 128 valence electrons. The van der Waals surface area contributed by atoms with Crippen molar-refractivity contribution in [3.8, 4) is 0 Å². The van der Waals surface area contributed by atoms with E-state index in [0.717, 1.165) is 42.5 Å². The van der Waals surface area contributed by atoms with Crippen LogP contribution in [0.25, 0.3) is 11.0 Å². The van der Waals surface area contributed by atoms with Gasteiger partial charge in [0.05, 0.1) is 11.0 Å². The normalized spacial score (nSPS) is 24.2. The molecule has 1 amide bonds. The molecule has 2 N–H and O–H groups in total. The first-order chi connectivity index (χ1) is 11.7. The molecule has 24 heavy (non-hydrogen) atoms. The lowest BCUT2D eigenvalue weighted by atomic mass is 9.86. The molecule has 0 bridgehead atoms. The number of imidazole rings is 1. The van der Waals surface area contributed by atoms with E-state index in [0.29, 0.717) is 18.4 Å². The number of aliphatic hydroxyl groups excluding tert-OH is 1. The topological polar surface area (TPSA) is 67.2 Å². The van der Waals surface area contributed by atoms with Crippen molar-refractivity contribution in [1.82, 2.24) is 14.9 Å². The Kier molecular flexibility index (Phi) is 4.27. The number of carbonyl (C=O) groups excluding carboxylic acids is 1. The number of fused-ring (bicyclic) bond motifs is 1. The van der Waals surface area contributed by atoms with E-state index in [1.54, 1.807) is 0 Å². The Morgan fingerprint density at radius 3 is 2.62 bits per heavy atom. The highest BCUT2D eigenvalue weighted by atomic mass is 16.3. The number of benzene rings is 1. The maximum atomic E-state index is 12.6. The standard InChI is InChI=1S/C19H25N3O2/c23-12-13-5-9-15(10-6-13)20-18(24)11-22-17-4-2-1-3-16(17)21-19(22)14-7-8-14/h1-4,13-15,23H,5-12H2,(H,20,24). The lowest BCUT2D eigenvalue weighted by Gasteiger charge is -2.28. The molecule has 0 saturated heterocycles. The SMILES string of the molecule is O=C(Cn1c(C2CC2)nc2ccccc21)NC1CCC(CO)CC1. The van der Waals surface area contributed by atoms with Crippen LogP contribution in [0.3, 0.4) is 0 Å². The van der Waals surface area contributed by atoms with Gasteiger partial charge in [-0.3, -0.25) is 4.79 Å². The summed E-state index contributed by atoms with van der Waals surface area (Å²) >= 11 is 0. The Bertz CT molecular complexity index is 727. The van der Waals surface area contributed by atoms with Crippen LogP contribution in [0.1, 0.15) is 50.3 Å². The first-order valence-electron chi connectivity index (χ1n) is 9.10. The second-order valence-electron chi connectivity index (χ2n) is 7.29. The molecule has 5 nitrogen and oxygen atoms in total. The molecule has 2 aromatic rings. The van der Waals surface area contributed by atoms with Crippen molar-refractivity contribution in [2.24, 2.45) is 5.92 Å². The molecular weight excluding hydrogens is 302 g/mol. The van der Waals surface area contributed by atoms with Gasteiger partial charge in [-0.15, -0.1) is 0 Å². The summed E-state index contributed by atoms with van der Waals surface area (Å²) in [5.74, 6) is 2.07. The van der Waals surface area contributed by atoms with Gasteiger partial charge in [0.25, 0.3) is 0 Å². The van der Waals surface area contributed by atoms with Crippen LogP contribution >= 0.6 is 0 Å². The van der Waals surface area contributed by atoms with Crippen LogP contribution in [0.4, 0.5) is 0 Å². The van der Waals surface area contributed by atoms with Gasteiger partial charge < -0.3 is 15.0 Å². The Morgan fingerprint density at radius 1 is 1.17 bits per heavy atom. The molecule has 2 aliphatic rings. The minimum absolute atomic E-state index is 0.0764. The van der Waals surface area contributed by atoms with Gasteiger partial charge >= 0.3 is 0 Å². The molecule has 0 aliphatic heterocycles. The van der Waals surface area contributed by atoms with Gasteiger partial charge in [-0.25, -0.2) is 4.98 Å². The van der Waals surface area contributed by atoms with Crippen LogP contribution in [0.15, 0.2) is 24.3 Å². The summed E-state index contributed by atoms with van der Waals surface area (Å²) in [7, 11) is 0. The van der Waals surface area contributed by atoms with Gasteiger partial charge in [-0.05, 0) is 56.6 Å². The summed E-state index contributed by atoms with van der Waals surface area (Å²) in [6.45, 7) is 0.624. The highest BCUT2D eigenvalue weighted by Gasteiger charge is 2.30. The Labute approximate surface area is 142 Å². The van der Waals surface area contributed by atoms with Crippen LogP contribution in [-0.2, 0) is 11.3 Å². The molecule has 0 unspecified atom stereocenters. The number of rotatable bonds is 5. The van der Waals surface area contributed by atoms with E-state index in [1.165, 1.54) is 12.8 Å². The molecule has 2 aliphatic carbocycles. The Hall–Kier alpha value is -1.88. The number of nitrogens with one attached hydrogen (secondary N) is 1. The second-order valence-corrected chi connectivity index (χ2v) is 7.29. The highest BCUT2D eigenvalue weighted by Crippen LogP contribution is 2.40. The number of hydrogen-bond donors (Lipinski definition) is 2. The fourth-order valence-corrected chi connectivity index (χ4v) is 3.82. The van der Waals surface area contributed by atoms with Crippen molar-refractivity contribution in [2.75, 3.05) is 6.61 Å². The minimum Gasteiger partial charge on any atom is -0.396 e. The summed E-state index contributed by atoms with van der Waals surface area (Å²) in [5.41, 5.74) is 2.04. The molecule has 0 atom stereocenters. The summed E-state index contributed by atoms with van der Waals surface area (Å²) < 4.78 is 2.10. The number of aliphatic hydroxyl groups is 1. The predicted octanol–water partition coefficient (Wildman–Crippen LogP) is 2.58. The fourth-order valence-electron chi connectivity index (χ4n) is 3.82. The highest BCUT2D eigenvalue weighted by molar-refractivity contribution is 5.81. The monoisotopic (exact) mass is 327 g/mol. The number of aromatic nitrogens is 2. The van der Waals surface area contributed by atoms with E-state index in [1.807, 2.05) is 24.3 Å². The number of carbonyl (C=O) groups is 1. The zero-order valence-electron chi connectivity index (χ0n) is 13.9. The van der Waals surface area contributed by atoms with E-state index in [9.17, 15) is 9.90 Å².